The van der Waals surface area contributed by atoms with Crippen LogP contribution >= 0.6 is 32.9 Å². The second-order valence-corrected chi connectivity index (χ2v) is 14.9. The fourth-order valence-corrected chi connectivity index (χ4v) is 7.80. The predicted molar refractivity (Wildman–Crippen MR) is 211 cm³/mol. The molecular weight excluding hydrogens is 851 g/mol. The second kappa shape index (κ2) is 22.0. The van der Waals surface area contributed by atoms with Crippen molar-refractivity contribution in [1.29, 1.82) is 0 Å². The summed E-state index contributed by atoms with van der Waals surface area (Å²) in [6.45, 7) is -0.958. The largest absolute Gasteiger partial charge is 0.482 e. The number of carboxylic acid groups (broad SMARTS) is 4. The number of ether oxygens (including phenoxy) is 2. The van der Waals surface area contributed by atoms with E-state index in [0.717, 1.165) is 6.07 Å². The van der Waals surface area contributed by atoms with E-state index >= 15 is 0 Å². The summed E-state index contributed by atoms with van der Waals surface area (Å²) in [4.78, 5) is 56.4. The van der Waals surface area contributed by atoms with E-state index in [9.17, 15) is 32.8 Å². The fourth-order valence-electron chi connectivity index (χ4n) is 4.29. The first-order chi connectivity index (χ1) is 27.3. The zero-order valence-corrected chi connectivity index (χ0v) is 32.3. The zero-order valence-electron chi connectivity index (χ0n) is 29.1. The number of aliphatic carboxylic acids is 2. The van der Waals surface area contributed by atoms with Crippen molar-refractivity contribution in [3.8, 4) is 11.5 Å². The molecule has 0 bridgehead atoms. The summed E-state index contributed by atoms with van der Waals surface area (Å²) in [5, 5.41) is 35.4. The summed E-state index contributed by atoms with van der Waals surface area (Å²) >= 11 is 1.20. The number of benzene rings is 5. The van der Waals surface area contributed by atoms with Crippen molar-refractivity contribution in [3.63, 3.8) is 0 Å². The van der Waals surface area contributed by atoms with Gasteiger partial charge in [-0.15, -0.1) is 11.3 Å². The number of fused-ring (bicyclic) bond motifs is 2. The fraction of sp³-hybridized carbons (Fsp3) is 0.0541. The average molecular weight is 879 g/mol. The molecule has 15 nitrogen and oxygen atoms in total. The Hall–Kier alpha value is -6.10. The molecule has 0 unspecified atom stereocenters. The summed E-state index contributed by atoms with van der Waals surface area (Å²) in [7, 11) is -2.20. The molecule has 0 saturated carbocycles. The summed E-state index contributed by atoms with van der Waals surface area (Å²) < 4.78 is 68.8. The van der Waals surface area contributed by atoms with Gasteiger partial charge in [0.05, 0.1) is 21.2 Å². The lowest BCUT2D eigenvalue weighted by molar-refractivity contribution is -0.140. The van der Waals surface area contributed by atoms with Crippen molar-refractivity contribution < 1.29 is 75.4 Å². The molecule has 0 fully saturated rings. The molecule has 0 aliphatic carbocycles. The minimum atomic E-state index is -4.67. The van der Waals surface area contributed by atoms with Crippen LogP contribution in [0.2, 0.25) is 0 Å². The third-order valence-electron chi connectivity index (χ3n) is 6.62. The maximum atomic E-state index is 14.0. The number of rotatable bonds is 11. The Labute approximate surface area is 338 Å². The lowest BCUT2D eigenvalue weighted by atomic mass is 10.1. The molecule has 5 aromatic carbocycles. The van der Waals surface area contributed by atoms with Crippen molar-refractivity contribution in [3.05, 3.63) is 142 Å². The molecule has 0 spiro atoms. The Bertz CT molecular complexity index is 2520. The number of carbonyl (C=O) groups is 4. The van der Waals surface area contributed by atoms with Crippen LogP contribution in [-0.2, 0) is 20.0 Å². The highest BCUT2D eigenvalue weighted by atomic mass is 33.1. The van der Waals surface area contributed by atoms with Crippen LogP contribution in [0.1, 0.15) is 20.7 Å². The number of aromatic carboxylic acids is 2. The standard InChI is InChI=1S/C15H9FO4S.C14H10O4S2.C8H7FO3.H2O4S/c16-9-5-6-10(20-7-12(17)18)15-13(9)14(19)8-3-1-2-4-11(8)21-15;15-13(16)9-5-1-3-7-11(9)19-20-12-8-4-2-6-10(12)14(17)18;9-6-1-3-7(4-2-6)12-5-8(10)11;1-5(2,3)4/h1-6H,7H2,(H,17,18);1-8H,(H,15,16)(H,17,18);1-4H,5H2,(H,10,11);(H2,1,2,3,4). The molecule has 1 aromatic heterocycles. The highest BCUT2D eigenvalue weighted by Gasteiger charge is 2.16. The number of hydrogen-bond donors (Lipinski definition) is 6. The smallest absolute Gasteiger partial charge is 0.394 e. The first kappa shape index (κ1) is 46.3. The maximum Gasteiger partial charge on any atom is 0.394 e. The van der Waals surface area contributed by atoms with Crippen molar-refractivity contribution in [2.45, 2.75) is 9.79 Å². The van der Waals surface area contributed by atoms with Crippen LogP contribution in [0.4, 0.5) is 8.78 Å². The van der Waals surface area contributed by atoms with E-state index in [-0.39, 0.29) is 28.1 Å². The van der Waals surface area contributed by atoms with E-state index in [4.69, 9.17) is 47.4 Å². The van der Waals surface area contributed by atoms with Crippen LogP contribution in [0.25, 0.3) is 20.2 Å². The second-order valence-electron chi connectivity index (χ2n) is 10.7. The van der Waals surface area contributed by atoms with E-state index < -0.39 is 58.7 Å². The molecule has 0 amide bonds. The quantitative estimate of drug-likeness (QED) is 0.0417. The molecule has 6 rings (SSSR count). The van der Waals surface area contributed by atoms with Crippen molar-refractivity contribution >= 4 is 87.4 Å². The lowest BCUT2D eigenvalue weighted by Gasteiger charge is -2.08. The van der Waals surface area contributed by atoms with Gasteiger partial charge in [0.15, 0.2) is 18.6 Å². The Kier molecular flexibility index (Phi) is 17.6. The molecule has 0 aliphatic rings. The zero-order chi connectivity index (χ0) is 43.0. The molecular formula is C37H28F2O15S4. The molecule has 304 valence electrons. The topological polar surface area (TPSA) is 259 Å². The van der Waals surface area contributed by atoms with E-state index in [0.29, 0.717) is 30.3 Å². The highest BCUT2D eigenvalue weighted by Crippen LogP contribution is 2.40. The molecule has 0 saturated heterocycles. The Balaban J connectivity index is 0.000000227. The Morgan fingerprint density at radius 2 is 1.10 bits per heavy atom. The highest BCUT2D eigenvalue weighted by molar-refractivity contribution is 8.76. The van der Waals surface area contributed by atoms with Gasteiger partial charge in [-0.1, -0.05) is 58.0 Å². The minimum absolute atomic E-state index is 0.0680. The van der Waals surface area contributed by atoms with Gasteiger partial charge in [-0.3, -0.25) is 13.9 Å². The van der Waals surface area contributed by atoms with Gasteiger partial charge < -0.3 is 29.9 Å². The number of hydrogen-bond acceptors (Lipinski definition) is 12. The van der Waals surface area contributed by atoms with Gasteiger partial charge in [0, 0.05) is 19.9 Å². The molecule has 21 heteroatoms. The van der Waals surface area contributed by atoms with E-state index in [2.05, 4.69) is 0 Å². The molecule has 0 atom stereocenters. The first-order valence-corrected chi connectivity index (χ1v) is 20.0. The summed E-state index contributed by atoms with van der Waals surface area (Å²) in [5.41, 5.74) is -0.00626. The van der Waals surface area contributed by atoms with Crippen LogP contribution in [0.15, 0.2) is 124 Å². The normalized spacial score (nSPS) is 10.4. The third-order valence-corrected chi connectivity index (χ3v) is 10.3. The molecule has 1 heterocycles. The van der Waals surface area contributed by atoms with Gasteiger partial charge >= 0.3 is 34.3 Å². The summed E-state index contributed by atoms with van der Waals surface area (Å²) in [5.74, 6) is -4.67. The Morgan fingerprint density at radius 1 is 0.638 bits per heavy atom. The van der Waals surface area contributed by atoms with E-state index in [1.54, 1.807) is 60.7 Å². The van der Waals surface area contributed by atoms with E-state index in [1.165, 1.54) is 75.4 Å². The van der Waals surface area contributed by atoms with Gasteiger partial charge in [-0.05, 0) is 72.8 Å². The van der Waals surface area contributed by atoms with Crippen LogP contribution in [0.5, 0.6) is 11.5 Å². The SMILES string of the molecule is O=C(O)COc1ccc(F)c2c(=O)c3ccccc3sc12.O=C(O)COc1ccc(F)cc1.O=C(O)c1ccccc1SSc1ccccc1C(=O)O.O=S(=O)(O)O. The van der Waals surface area contributed by atoms with Crippen molar-refractivity contribution in [1.82, 2.24) is 0 Å². The monoisotopic (exact) mass is 878 g/mol. The van der Waals surface area contributed by atoms with Crippen LogP contribution in [0.3, 0.4) is 0 Å². The summed E-state index contributed by atoms with van der Waals surface area (Å²) in [6.07, 6.45) is 0. The van der Waals surface area contributed by atoms with E-state index in [1.807, 2.05) is 0 Å². The average Bonchev–Trinajstić information content (AvgIpc) is 3.16. The third kappa shape index (κ3) is 15.1. The van der Waals surface area contributed by atoms with Crippen LogP contribution in [-0.4, -0.2) is 75.0 Å². The van der Waals surface area contributed by atoms with Crippen molar-refractivity contribution in [2.24, 2.45) is 0 Å². The van der Waals surface area contributed by atoms with Crippen LogP contribution in [0, 0.1) is 11.6 Å². The molecule has 0 radical (unpaired) electrons. The van der Waals surface area contributed by atoms with Crippen LogP contribution < -0.4 is 14.9 Å². The molecule has 6 aromatic rings. The maximum absolute atomic E-state index is 14.0. The van der Waals surface area contributed by atoms with Crippen molar-refractivity contribution in [2.75, 3.05) is 13.2 Å². The van der Waals surface area contributed by atoms with Gasteiger partial charge in [0.1, 0.15) is 23.1 Å². The summed E-state index contributed by atoms with van der Waals surface area (Å²) in [6, 6.07) is 27.7. The molecule has 0 aliphatic heterocycles. The van der Waals surface area contributed by atoms with Gasteiger partial charge in [0.25, 0.3) is 0 Å². The van der Waals surface area contributed by atoms with Gasteiger partial charge in [-0.25, -0.2) is 28.0 Å². The molecule has 58 heavy (non-hydrogen) atoms. The first-order valence-electron chi connectivity index (χ1n) is 15.6. The lowest BCUT2D eigenvalue weighted by Crippen LogP contribution is -2.10. The van der Waals surface area contributed by atoms with Gasteiger partial charge in [-0.2, -0.15) is 8.42 Å². The Morgan fingerprint density at radius 3 is 1.60 bits per heavy atom. The molecule has 6 N–H and O–H groups in total. The minimum Gasteiger partial charge on any atom is -0.482 e. The number of carboxylic acids is 4. The van der Waals surface area contributed by atoms with Gasteiger partial charge in [0.2, 0.25) is 0 Å². The predicted octanol–water partition coefficient (Wildman–Crippen LogP) is 7.54. The number of halogens is 2.